The zero-order valence-electron chi connectivity index (χ0n) is 11.8. The molecule has 6 heteroatoms. The van der Waals surface area contributed by atoms with E-state index in [1.165, 1.54) is 4.31 Å². The van der Waals surface area contributed by atoms with Gasteiger partial charge in [-0.1, -0.05) is 12.1 Å². The highest BCUT2D eigenvalue weighted by atomic mass is 32.2. The molecule has 0 N–H and O–H groups in total. The first-order valence-corrected chi connectivity index (χ1v) is 8.93. The third kappa shape index (κ3) is 2.96. The minimum absolute atomic E-state index is 0.00444. The first-order valence-electron chi connectivity index (χ1n) is 7.32. The summed E-state index contributed by atoms with van der Waals surface area (Å²) in [5, 5.41) is 0. The van der Waals surface area contributed by atoms with E-state index < -0.39 is 10.0 Å². The summed E-state index contributed by atoms with van der Waals surface area (Å²) in [6.07, 6.45) is 2.42. The Morgan fingerprint density at radius 1 is 1.24 bits per heavy atom. The predicted molar refractivity (Wildman–Crippen MR) is 80.1 cm³/mol. The Morgan fingerprint density at radius 2 is 2.05 bits per heavy atom. The highest BCUT2D eigenvalue weighted by Gasteiger charge is 2.32. The Labute approximate surface area is 124 Å². The van der Waals surface area contributed by atoms with E-state index in [4.69, 9.17) is 4.74 Å². The van der Waals surface area contributed by atoms with Crippen LogP contribution in [0.1, 0.15) is 36.0 Å². The molecule has 1 fully saturated rings. The van der Waals surface area contributed by atoms with Crippen molar-refractivity contribution in [2.75, 3.05) is 23.2 Å². The van der Waals surface area contributed by atoms with Crippen molar-refractivity contribution in [2.24, 2.45) is 0 Å². The molecule has 1 aromatic rings. The molecule has 1 saturated heterocycles. The number of rotatable bonds is 3. The molecule has 5 nitrogen and oxygen atoms in total. The van der Waals surface area contributed by atoms with E-state index in [0.29, 0.717) is 37.2 Å². The molecule has 1 atom stereocenters. The number of para-hydroxylation sites is 1. The van der Waals surface area contributed by atoms with Gasteiger partial charge in [0, 0.05) is 25.1 Å². The smallest absolute Gasteiger partial charge is 0.237 e. The first kappa shape index (κ1) is 14.5. The molecule has 2 heterocycles. The van der Waals surface area contributed by atoms with Crippen molar-refractivity contribution in [1.82, 2.24) is 0 Å². The van der Waals surface area contributed by atoms with Gasteiger partial charge in [-0.15, -0.1) is 0 Å². The summed E-state index contributed by atoms with van der Waals surface area (Å²) in [6.45, 7) is 0.993. The number of benzene rings is 1. The summed E-state index contributed by atoms with van der Waals surface area (Å²) >= 11 is 0. The number of carbonyl (C=O) groups is 1. The van der Waals surface area contributed by atoms with Crippen molar-refractivity contribution >= 4 is 21.5 Å². The molecule has 0 radical (unpaired) electrons. The van der Waals surface area contributed by atoms with E-state index in [0.717, 1.165) is 12.8 Å². The fourth-order valence-electron chi connectivity index (χ4n) is 2.95. The van der Waals surface area contributed by atoms with E-state index in [2.05, 4.69) is 0 Å². The summed E-state index contributed by atoms with van der Waals surface area (Å²) in [7, 11) is -3.47. The van der Waals surface area contributed by atoms with Crippen molar-refractivity contribution in [3.63, 3.8) is 0 Å². The summed E-state index contributed by atoms with van der Waals surface area (Å²) in [4.78, 5) is 12.1. The van der Waals surface area contributed by atoms with Crippen LogP contribution >= 0.6 is 0 Å². The molecular formula is C15H19NO4S. The molecule has 0 spiro atoms. The second kappa shape index (κ2) is 5.77. The van der Waals surface area contributed by atoms with Gasteiger partial charge < -0.3 is 4.74 Å². The van der Waals surface area contributed by atoms with Gasteiger partial charge in [-0.2, -0.15) is 0 Å². The fraction of sp³-hybridized carbons (Fsp3) is 0.533. The number of ether oxygens (including phenoxy) is 1. The molecule has 1 aromatic carbocycles. The van der Waals surface area contributed by atoms with E-state index in [9.17, 15) is 13.2 Å². The minimum atomic E-state index is -3.47. The van der Waals surface area contributed by atoms with Crippen molar-refractivity contribution < 1.29 is 17.9 Å². The monoisotopic (exact) mass is 309 g/mol. The topological polar surface area (TPSA) is 63.7 Å². The fourth-order valence-corrected chi connectivity index (χ4v) is 4.73. The quantitative estimate of drug-likeness (QED) is 0.856. The van der Waals surface area contributed by atoms with Gasteiger partial charge in [0.25, 0.3) is 0 Å². The van der Waals surface area contributed by atoms with Crippen molar-refractivity contribution in [3.8, 4) is 0 Å². The Morgan fingerprint density at radius 3 is 2.81 bits per heavy atom. The third-order valence-electron chi connectivity index (χ3n) is 3.99. The van der Waals surface area contributed by atoms with Crippen LogP contribution in [0.3, 0.4) is 0 Å². The van der Waals surface area contributed by atoms with E-state index >= 15 is 0 Å². The molecule has 0 aliphatic carbocycles. The zero-order chi connectivity index (χ0) is 14.9. The SMILES string of the molecule is O=C1CCCN(S(=O)(=O)CC2CCCO2)c2ccccc21. The predicted octanol–water partition coefficient (Wildman–Crippen LogP) is 1.98. The van der Waals surface area contributed by atoms with E-state index in [1.807, 2.05) is 0 Å². The van der Waals surface area contributed by atoms with Gasteiger partial charge >= 0.3 is 0 Å². The van der Waals surface area contributed by atoms with E-state index in [1.54, 1.807) is 24.3 Å². The molecule has 114 valence electrons. The van der Waals surface area contributed by atoms with E-state index in [-0.39, 0.29) is 17.6 Å². The molecular weight excluding hydrogens is 290 g/mol. The highest BCUT2D eigenvalue weighted by molar-refractivity contribution is 7.92. The summed E-state index contributed by atoms with van der Waals surface area (Å²) in [5.74, 6) is 0.00983. The molecule has 0 aromatic heterocycles. The highest BCUT2D eigenvalue weighted by Crippen LogP contribution is 2.29. The number of fused-ring (bicyclic) bond motifs is 1. The molecule has 0 saturated carbocycles. The van der Waals surface area contributed by atoms with Gasteiger partial charge in [-0.3, -0.25) is 9.10 Å². The van der Waals surface area contributed by atoms with Crippen LogP contribution in [0.5, 0.6) is 0 Å². The van der Waals surface area contributed by atoms with Gasteiger partial charge in [-0.25, -0.2) is 8.42 Å². The maximum absolute atomic E-state index is 12.7. The maximum Gasteiger partial charge on any atom is 0.237 e. The number of carbonyl (C=O) groups excluding carboxylic acids is 1. The number of ketones is 1. The lowest BCUT2D eigenvalue weighted by atomic mass is 10.1. The molecule has 2 aliphatic rings. The van der Waals surface area contributed by atoms with Crippen LogP contribution in [0.15, 0.2) is 24.3 Å². The number of Topliss-reactive ketones (excluding diaryl/α,β-unsaturated/α-hetero) is 1. The maximum atomic E-state index is 12.7. The standard InChI is InChI=1S/C15H19NO4S/c17-15-8-3-9-16(14-7-2-1-6-13(14)15)21(18,19)11-12-5-4-10-20-12/h1-2,6-7,12H,3-5,8-11H2. The number of hydrogen-bond acceptors (Lipinski definition) is 4. The van der Waals surface area contributed by atoms with Gasteiger partial charge in [0.1, 0.15) is 0 Å². The molecule has 3 rings (SSSR count). The van der Waals surface area contributed by atoms with Crippen LogP contribution in [0.25, 0.3) is 0 Å². The Balaban J connectivity index is 1.93. The normalized spacial score (nSPS) is 23.0. The van der Waals surface area contributed by atoms with Crippen LogP contribution < -0.4 is 4.31 Å². The number of sulfonamides is 1. The minimum Gasteiger partial charge on any atom is -0.377 e. The van der Waals surface area contributed by atoms with Crippen LogP contribution in [-0.4, -0.2) is 39.2 Å². The Kier molecular flexibility index (Phi) is 3.99. The summed E-state index contributed by atoms with van der Waals surface area (Å²) in [5.41, 5.74) is 1.02. The average molecular weight is 309 g/mol. The second-order valence-electron chi connectivity index (χ2n) is 5.53. The lowest BCUT2D eigenvalue weighted by molar-refractivity contribution is 0.0983. The van der Waals surface area contributed by atoms with Crippen LogP contribution in [0.4, 0.5) is 5.69 Å². The van der Waals surface area contributed by atoms with Gasteiger partial charge in [0.2, 0.25) is 10.0 Å². The Bertz CT molecular complexity index is 635. The Hall–Kier alpha value is -1.40. The lowest BCUT2D eigenvalue weighted by Crippen LogP contribution is -2.37. The second-order valence-corrected chi connectivity index (χ2v) is 7.47. The largest absolute Gasteiger partial charge is 0.377 e. The average Bonchev–Trinajstić information content (AvgIpc) is 2.88. The van der Waals surface area contributed by atoms with Crippen molar-refractivity contribution in [2.45, 2.75) is 31.8 Å². The molecule has 0 amide bonds. The van der Waals surface area contributed by atoms with Crippen molar-refractivity contribution in [1.29, 1.82) is 0 Å². The molecule has 0 bridgehead atoms. The number of anilines is 1. The van der Waals surface area contributed by atoms with Crippen LogP contribution in [0.2, 0.25) is 0 Å². The first-order chi connectivity index (χ1) is 10.1. The number of nitrogens with zero attached hydrogens (tertiary/aromatic N) is 1. The van der Waals surface area contributed by atoms with Crippen LogP contribution in [-0.2, 0) is 14.8 Å². The van der Waals surface area contributed by atoms with Crippen LogP contribution in [0, 0.1) is 0 Å². The molecule has 21 heavy (non-hydrogen) atoms. The van der Waals surface area contributed by atoms with Gasteiger partial charge in [0.15, 0.2) is 5.78 Å². The summed E-state index contributed by atoms with van der Waals surface area (Å²) < 4.78 is 32.2. The third-order valence-corrected chi connectivity index (χ3v) is 5.84. The lowest BCUT2D eigenvalue weighted by Gasteiger charge is -2.25. The molecule has 2 aliphatic heterocycles. The molecule has 1 unspecified atom stereocenters. The van der Waals surface area contributed by atoms with Crippen molar-refractivity contribution in [3.05, 3.63) is 29.8 Å². The van der Waals surface area contributed by atoms with Gasteiger partial charge in [-0.05, 0) is 31.4 Å². The zero-order valence-corrected chi connectivity index (χ0v) is 12.6. The van der Waals surface area contributed by atoms with Gasteiger partial charge in [0.05, 0.1) is 17.5 Å². The number of hydrogen-bond donors (Lipinski definition) is 0. The summed E-state index contributed by atoms with van der Waals surface area (Å²) in [6, 6.07) is 6.96.